The van der Waals surface area contributed by atoms with Gasteiger partial charge in [-0.15, -0.1) is 0 Å². The minimum atomic E-state index is -0.194. The number of aromatic nitrogens is 2. The molecule has 0 atom stereocenters. The second-order valence-electron chi connectivity index (χ2n) is 4.83. The minimum Gasteiger partial charge on any atom is -0.493 e. The molecular formula is C15H16N2O3. The van der Waals surface area contributed by atoms with E-state index in [1.807, 2.05) is 25.1 Å². The Morgan fingerprint density at radius 2 is 1.85 bits per heavy atom. The third kappa shape index (κ3) is 1.86. The first-order chi connectivity index (χ1) is 9.63. The van der Waals surface area contributed by atoms with Crippen molar-refractivity contribution in [3.8, 4) is 22.8 Å². The molecule has 1 aromatic carbocycles. The fourth-order valence-electron chi connectivity index (χ4n) is 2.66. The molecule has 0 bridgehead atoms. The number of ether oxygens (including phenoxy) is 2. The van der Waals surface area contributed by atoms with E-state index in [1.54, 1.807) is 18.8 Å². The SMILES string of the molecule is COc1cc2c(cc1OC)-c1cc(C)nc(=O)n1CC2. The van der Waals surface area contributed by atoms with Gasteiger partial charge in [-0.3, -0.25) is 4.57 Å². The molecule has 5 nitrogen and oxygen atoms in total. The van der Waals surface area contributed by atoms with E-state index in [4.69, 9.17) is 9.47 Å². The maximum Gasteiger partial charge on any atom is 0.348 e. The van der Waals surface area contributed by atoms with Gasteiger partial charge < -0.3 is 9.47 Å². The maximum atomic E-state index is 12.0. The van der Waals surface area contributed by atoms with Crippen LogP contribution < -0.4 is 15.2 Å². The van der Waals surface area contributed by atoms with Crippen LogP contribution in [0.3, 0.4) is 0 Å². The normalized spacial score (nSPS) is 12.6. The molecule has 0 N–H and O–H groups in total. The van der Waals surface area contributed by atoms with Crippen LogP contribution in [0.1, 0.15) is 11.3 Å². The zero-order valence-corrected chi connectivity index (χ0v) is 11.8. The second-order valence-corrected chi connectivity index (χ2v) is 4.83. The van der Waals surface area contributed by atoms with Crippen molar-refractivity contribution in [1.82, 2.24) is 9.55 Å². The van der Waals surface area contributed by atoms with Crippen LogP contribution in [-0.2, 0) is 13.0 Å². The first kappa shape index (κ1) is 12.7. The molecule has 0 amide bonds. The van der Waals surface area contributed by atoms with Gasteiger partial charge in [0.1, 0.15) is 0 Å². The molecule has 20 heavy (non-hydrogen) atoms. The lowest BCUT2D eigenvalue weighted by Gasteiger charge is -2.23. The minimum absolute atomic E-state index is 0.194. The van der Waals surface area contributed by atoms with Crippen molar-refractivity contribution in [3.63, 3.8) is 0 Å². The van der Waals surface area contributed by atoms with Gasteiger partial charge in [-0.25, -0.2) is 4.79 Å². The lowest BCUT2D eigenvalue weighted by atomic mass is 9.96. The Bertz CT molecular complexity index is 735. The quantitative estimate of drug-likeness (QED) is 0.836. The first-order valence-electron chi connectivity index (χ1n) is 6.48. The molecule has 5 heteroatoms. The molecule has 1 aliphatic rings. The van der Waals surface area contributed by atoms with Crippen LogP contribution in [-0.4, -0.2) is 23.8 Å². The van der Waals surface area contributed by atoms with E-state index in [0.29, 0.717) is 18.0 Å². The smallest absolute Gasteiger partial charge is 0.348 e. The molecule has 2 heterocycles. The molecule has 0 fully saturated rings. The predicted molar refractivity (Wildman–Crippen MR) is 75.5 cm³/mol. The van der Waals surface area contributed by atoms with Crippen LogP contribution in [0.25, 0.3) is 11.3 Å². The van der Waals surface area contributed by atoms with Gasteiger partial charge in [0.15, 0.2) is 11.5 Å². The summed E-state index contributed by atoms with van der Waals surface area (Å²) in [4.78, 5) is 16.0. The molecule has 0 radical (unpaired) electrons. The van der Waals surface area contributed by atoms with Gasteiger partial charge >= 0.3 is 5.69 Å². The van der Waals surface area contributed by atoms with Crippen molar-refractivity contribution in [1.29, 1.82) is 0 Å². The zero-order valence-electron chi connectivity index (χ0n) is 11.8. The van der Waals surface area contributed by atoms with Crippen LogP contribution in [0.4, 0.5) is 0 Å². The van der Waals surface area contributed by atoms with Gasteiger partial charge in [-0.05, 0) is 37.1 Å². The topological polar surface area (TPSA) is 53.4 Å². The average Bonchev–Trinajstić information content (AvgIpc) is 2.45. The van der Waals surface area contributed by atoms with E-state index in [9.17, 15) is 4.79 Å². The van der Waals surface area contributed by atoms with E-state index in [-0.39, 0.29) is 5.69 Å². The summed E-state index contributed by atoms with van der Waals surface area (Å²) in [5.41, 5.74) is 3.60. The predicted octanol–water partition coefficient (Wildman–Crippen LogP) is 1.79. The monoisotopic (exact) mass is 272 g/mol. The molecule has 2 aromatic rings. The molecule has 1 aromatic heterocycles. The fraction of sp³-hybridized carbons (Fsp3) is 0.333. The lowest BCUT2D eigenvalue weighted by Crippen LogP contribution is -2.28. The standard InChI is InChI=1S/C15H16N2O3/c1-9-6-12-11-8-14(20-3)13(19-2)7-10(11)4-5-17(12)15(18)16-9/h6-8H,4-5H2,1-3H3. The van der Waals surface area contributed by atoms with Crippen molar-refractivity contribution in [3.05, 3.63) is 39.9 Å². The Morgan fingerprint density at radius 1 is 1.15 bits per heavy atom. The largest absolute Gasteiger partial charge is 0.493 e. The summed E-state index contributed by atoms with van der Waals surface area (Å²) in [7, 11) is 3.23. The van der Waals surface area contributed by atoms with E-state index >= 15 is 0 Å². The Labute approximate surface area is 116 Å². The van der Waals surface area contributed by atoms with Gasteiger partial charge in [0.2, 0.25) is 0 Å². The number of hydrogen-bond acceptors (Lipinski definition) is 4. The highest BCUT2D eigenvalue weighted by atomic mass is 16.5. The van der Waals surface area contributed by atoms with Crippen molar-refractivity contribution in [2.24, 2.45) is 0 Å². The fourth-order valence-corrected chi connectivity index (χ4v) is 2.66. The number of hydrogen-bond donors (Lipinski definition) is 0. The van der Waals surface area contributed by atoms with Crippen molar-refractivity contribution < 1.29 is 9.47 Å². The summed E-state index contributed by atoms with van der Waals surface area (Å²) in [6.07, 6.45) is 0.785. The maximum absolute atomic E-state index is 12.0. The van der Waals surface area contributed by atoms with E-state index in [1.165, 1.54) is 0 Å². The molecule has 3 rings (SSSR count). The van der Waals surface area contributed by atoms with Gasteiger partial charge in [-0.1, -0.05) is 0 Å². The summed E-state index contributed by atoms with van der Waals surface area (Å²) >= 11 is 0. The highest BCUT2D eigenvalue weighted by Crippen LogP contribution is 2.37. The number of rotatable bonds is 2. The molecular weight excluding hydrogens is 256 g/mol. The Morgan fingerprint density at radius 3 is 2.55 bits per heavy atom. The lowest BCUT2D eigenvalue weighted by molar-refractivity contribution is 0.354. The van der Waals surface area contributed by atoms with Gasteiger partial charge in [0.25, 0.3) is 0 Å². The average molecular weight is 272 g/mol. The van der Waals surface area contributed by atoms with Crippen molar-refractivity contribution >= 4 is 0 Å². The molecule has 0 saturated carbocycles. The van der Waals surface area contributed by atoms with Gasteiger partial charge in [0, 0.05) is 17.8 Å². The summed E-state index contributed by atoms with van der Waals surface area (Å²) in [5, 5.41) is 0. The first-order valence-corrected chi connectivity index (χ1v) is 6.48. The van der Waals surface area contributed by atoms with Crippen LogP contribution in [0.5, 0.6) is 11.5 Å². The summed E-state index contributed by atoms with van der Waals surface area (Å²) < 4.78 is 12.4. The van der Waals surface area contributed by atoms with E-state index < -0.39 is 0 Å². The Balaban J connectivity index is 2.28. The number of nitrogens with zero attached hydrogens (tertiary/aromatic N) is 2. The highest BCUT2D eigenvalue weighted by molar-refractivity contribution is 5.70. The molecule has 1 aliphatic heterocycles. The number of benzene rings is 1. The van der Waals surface area contributed by atoms with Crippen molar-refractivity contribution in [2.75, 3.05) is 14.2 Å². The Hall–Kier alpha value is -2.30. The molecule has 0 spiro atoms. The second kappa shape index (κ2) is 4.67. The van der Waals surface area contributed by atoms with E-state index in [0.717, 1.165) is 28.9 Å². The van der Waals surface area contributed by atoms with Crippen LogP contribution in [0.2, 0.25) is 0 Å². The van der Waals surface area contributed by atoms with Gasteiger partial charge in [0.05, 0.1) is 19.9 Å². The molecule has 104 valence electrons. The number of fused-ring (bicyclic) bond motifs is 3. The van der Waals surface area contributed by atoms with Crippen LogP contribution >= 0.6 is 0 Å². The van der Waals surface area contributed by atoms with Crippen molar-refractivity contribution in [2.45, 2.75) is 19.9 Å². The third-order valence-corrected chi connectivity index (χ3v) is 3.63. The third-order valence-electron chi connectivity index (χ3n) is 3.63. The highest BCUT2D eigenvalue weighted by Gasteiger charge is 2.20. The Kier molecular flexibility index (Phi) is 2.97. The number of methoxy groups -OCH3 is 2. The summed E-state index contributed by atoms with van der Waals surface area (Å²) in [6, 6.07) is 5.85. The number of aryl methyl sites for hydroxylation is 2. The molecule has 0 unspecified atom stereocenters. The van der Waals surface area contributed by atoms with E-state index in [2.05, 4.69) is 4.98 Å². The molecule has 0 aliphatic carbocycles. The summed E-state index contributed by atoms with van der Waals surface area (Å²) in [6.45, 7) is 2.47. The van der Waals surface area contributed by atoms with Crippen LogP contribution in [0, 0.1) is 6.92 Å². The summed E-state index contributed by atoms with van der Waals surface area (Å²) in [5.74, 6) is 1.38. The molecule has 0 saturated heterocycles. The zero-order chi connectivity index (χ0) is 14.3. The van der Waals surface area contributed by atoms with Crippen LogP contribution in [0.15, 0.2) is 23.0 Å². The van der Waals surface area contributed by atoms with Gasteiger partial charge in [-0.2, -0.15) is 4.98 Å².